The fraction of sp³-hybridized carbons (Fsp3) is 0.385. The lowest BCUT2D eigenvalue weighted by molar-refractivity contribution is 0.709. The standard InChI is InChI=1S/C13H14N2S/c1-2-6-11-12(7-3-1)16-13(15-11)10-5-4-8-14-9-10/h4-5,8-9H,1-3,6-7H2. The fourth-order valence-electron chi connectivity index (χ4n) is 2.14. The maximum absolute atomic E-state index is 4.76. The second kappa shape index (κ2) is 4.34. The highest BCUT2D eigenvalue weighted by molar-refractivity contribution is 7.15. The summed E-state index contributed by atoms with van der Waals surface area (Å²) in [6.45, 7) is 0. The van der Waals surface area contributed by atoms with Gasteiger partial charge in [-0.05, 0) is 37.8 Å². The van der Waals surface area contributed by atoms with E-state index in [-0.39, 0.29) is 0 Å². The molecule has 16 heavy (non-hydrogen) atoms. The molecule has 2 heterocycles. The third-order valence-corrected chi connectivity index (χ3v) is 4.21. The molecule has 1 aliphatic carbocycles. The number of rotatable bonds is 1. The molecule has 2 nitrogen and oxygen atoms in total. The van der Waals surface area contributed by atoms with E-state index in [1.807, 2.05) is 29.8 Å². The van der Waals surface area contributed by atoms with Gasteiger partial charge in [0.25, 0.3) is 0 Å². The van der Waals surface area contributed by atoms with Crippen molar-refractivity contribution in [1.29, 1.82) is 0 Å². The molecule has 3 rings (SSSR count). The monoisotopic (exact) mass is 230 g/mol. The van der Waals surface area contributed by atoms with Gasteiger partial charge in [-0.1, -0.05) is 6.42 Å². The Balaban J connectivity index is 1.98. The summed E-state index contributed by atoms with van der Waals surface area (Å²) in [5, 5.41) is 1.14. The van der Waals surface area contributed by atoms with Crippen LogP contribution in [0.4, 0.5) is 0 Å². The van der Waals surface area contributed by atoms with E-state index >= 15 is 0 Å². The van der Waals surface area contributed by atoms with Crippen molar-refractivity contribution >= 4 is 11.3 Å². The first-order valence-electron chi connectivity index (χ1n) is 5.82. The Labute approximate surface area is 99.4 Å². The Morgan fingerprint density at radius 2 is 2.06 bits per heavy atom. The van der Waals surface area contributed by atoms with E-state index in [1.165, 1.54) is 36.3 Å². The first kappa shape index (κ1) is 9.97. The maximum Gasteiger partial charge on any atom is 0.125 e. The molecule has 2 aromatic heterocycles. The van der Waals surface area contributed by atoms with Gasteiger partial charge in [0.2, 0.25) is 0 Å². The van der Waals surface area contributed by atoms with E-state index in [4.69, 9.17) is 4.98 Å². The van der Waals surface area contributed by atoms with Crippen LogP contribution in [0.3, 0.4) is 0 Å². The van der Waals surface area contributed by atoms with Gasteiger partial charge in [-0.2, -0.15) is 0 Å². The molecule has 0 bridgehead atoms. The Hall–Kier alpha value is -1.22. The zero-order chi connectivity index (χ0) is 10.8. The van der Waals surface area contributed by atoms with E-state index in [0.717, 1.165) is 17.0 Å². The topological polar surface area (TPSA) is 25.8 Å². The molecule has 2 aromatic rings. The van der Waals surface area contributed by atoms with Crippen molar-refractivity contribution in [2.75, 3.05) is 0 Å². The van der Waals surface area contributed by atoms with Gasteiger partial charge in [0.1, 0.15) is 5.01 Å². The van der Waals surface area contributed by atoms with Gasteiger partial charge in [0.15, 0.2) is 0 Å². The van der Waals surface area contributed by atoms with Crippen LogP contribution in [0.2, 0.25) is 0 Å². The summed E-state index contributed by atoms with van der Waals surface area (Å²) < 4.78 is 0. The smallest absolute Gasteiger partial charge is 0.125 e. The number of nitrogens with zero attached hydrogens (tertiary/aromatic N) is 2. The summed E-state index contributed by atoms with van der Waals surface area (Å²) in [4.78, 5) is 10.4. The van der Waals surface area contributed by atoms with Crippen molar-refractivity contribution in [3.63, 3.8) is 0 Å². The largest absolute Gasteiger partial charge is 0.264 e. The van der Waals surface area contributed by atoms with Crippen LogP contribution in [0.15, 0.2) is 24.5 Å². The number of fused-ring (bicyclic) bond motifs is 1. The van der Waals surface area contributed by atoms with Crippen LogP contribution in [0.1, 0.15) is 29.8 Å². The third-order valence-electron chi connectivity index (χ3n) is 3.00. The molecule has 0 unspecified atom stereocenters. The zero-order valence-electron chi connectivity index (χ0n) is 9.15. The number of aryl methyl sites for hydroxylation is 2. The molecule has 82 valence electrons. The molecule has 0 fully saturated rings. The summed E-state index contributed by atoms with van der Waals surface area (Å²) >= 11 is 1.85. The molecular formula is C13H14N2S. The molecule has 0 saturated heterocycles. The van der Waals surface area contributed by atoms with Crippen molar-refractivity contribution in [2.24, 2.45) is 0 Å². The SMILES string of the molecule is c1cncc(-c2nc3c(s2)CCCCC3)c1. The van der Waals surface area contributed by atoms with Crippen LogP contribution < -0.4 is 0 Å². The molecule has 0 aromatic carbocycles. The Morgan fingerprint density at radius 3 is 2.94 bits per heavy atom. The van der Waals surface area contributed by atoms with Gasteiger partial charge in [-0.15, -0.1) is 11.3 Å². The molecule has 0 N–H and O–H groups in total. The van der Waals surface area contributed by atoms with Gasteiger partial charge in [-0.3, -0.25) is 4.98 Å². The molecule has 0 amide bonds. The van der Waals surface area contributed by atoms with Crippen molar-refractivity contribution in [3.8, 4) is 10.6 Å². The average Bonchev–Trinajstić information content (AvgIpc) is 2.62. The van der Waals surface area contributed by atoms with E-state index < -0.39 is 0 Å². The highest BCUT2D eigenvalue weighted by atomic mass is 32.1. The van der Waals surface area contributed by atoms with Crippen LogP contribution in [0.25, 0.3) is 10.6 Å². The van der Waals surface area contributed by atoms with Gasteiger partial charge in [0.05, 0.1) is 5.69 Å². The van der Waals surface area contributed by atoms with Gasteiger partial charge < -0.3 is 0 Å². The maximum atomic E-state index is 4.76. The van der Waals surface area contributed by atoms with Gasteiger partial charge in [0, 0.05) is 22.8 Å². The molecule has 0 atom stereocenters. The second-order valence-corrected chi connectivity index (χ2v) is 5.27. The first-order chi connectivity index (χ1) is 7.93. The molecule has 0 radical (unpaired) electrons. The van der Waals surface area contributed by atoms with Crippen molar-refractivity contribution < 1.29 is 0 Å². The van der Waals surface area contributed by atoms with Crippen molar-refractivity contribution in [1.82, 2.24) is 9.97 Å². The summed E-state index contributed by atoms with van der Waals surface area (Å²) in [6.07, 6.45) is 10.1. The third kappa shape index (κ3) is 1.87. The quantitative estimate of drug-likeness (QED) is 0.701. The summed E-state index contributed by atoms with van der Waals surface area (Å²) in [5.41, 5.74) is 2.49. The molecule has 0 saturated carbocycles. The van der Waals surface area contributed by atoms with E-state index in [9.17, 15) is 0 Å². The predicted octanol–water partition coefficient (Wildman–Crippen LogP) is 3.47. The summed E-state index contributed by atoms with van der Waals surface area (Å²) in [7, 11) is 0. The normalized spacial score (nSPS) is 15.5. The van der Waals surface area contributed by atoms with Crippen molar-refractivity contribution in [2.45, 2.75) is 32.1 Å². The number of thiazole rings is 1. The molecule has 0 spiro atoms. The lowest BCUT2D eigenvalue weighted by Gasteiger charge is -1.94. The lowest BCUT2D eigenvalue weighted by atomic mass is 10.2. The Morgan fingerprint density at radius 1 is 1.12 bits per heavy atom. The van der Waals surface area contributed by atoms with Gasteiger partial charge in [-0.25, -0.2) is 4.98 Å². The minimum atomic E-state index is 1.14. The van der Waals surface area contributed by atoms with Crippen LogP contribution in [-0.2, 0) is 12.8 Å². The summed E-state index contributed by atoms with van der Waals surface area (Å²) in [6, 6.07) is 4.06. The highest BCUT2D eigenvalue weighted by Crippen LogP contribution is 2.31. The number of aromatic nitrogens is 2. The molecule has 3 heteroatoms. The number of pyridine rings is 1. The van der Waals surface area contributed by atoms with Gasteiger partial charge >= 0.3 is 0 Å². The van der Waals surface area contributed by atoms with Crippen LogP contribution in [0.5, 0.6) is 0 Å². The van der Waals surface area contributed by atoms with Crippen LogP contribution in [0, 0.1) is 0 Å². The first-order valence-corrected chi connectivity index (χ1v) is 6.64. The average molecular weight is 230 g/mol. The number of hydrogen-bond donors (Lipinski definition) is 0. The van der Waals surface area contributed by atoms with Crippen molar-refractivity contribution in [3.05, 3.63) is 35.1 Å². The van der Waals surface area contributed by atoms with Crippen LogP contribution in [-0.4, -0.2) is 9.97 Å². The minimum absolute atomic E-state index is 1.14. The van der Waals surface area contributed by atoms with E-state index in [1.54, 1.807) is 0 Å². The minimum Gasteiger partial charge on any atom is -0.264 e. The Kier molecular flexibility index (Phi) is 2.70. The Bertz CT molecular complexity index is 452. The second-order valence-electron chi connectivity index (χ2n) is 4.19. The van der Waals surface area contributed by atoms with Crippen LogP contribution >= 0.6 is 11.3 Å². The predicted molar refractivity (Wildman–Crippen MR) is 66.6 cm³/mol. The fourth-order valence-corrected chi connectivity index (χ4v) is 3.28. The molecular weight excluding hydrogens is 216 g/mol. The molecule has 1 aliphatic rings. The van der Waals surface area contributed by atoms with E-state index in [2.05, 4.69) is 11.1 Å². The lowest BCUT2D eigenvalue weighted by Crippen LogP contribution is -1.86. The van der Waals surface area contributed by atoms with E-state index in [0.29, 0.717) is 0 Å². The zero-order valence-corrected chi connectivity index (χ0v) is 9.96. The molecule has 0 aliphatic heterocycles. The number of hydrogen-bond acceptors (Lipinski definition) is 3. The highest BCUT2D eigenvalue weighted by Gasteiger charge is 2.14. The summed E-state index contributed by atoms with van der Waals surface area (Å²) in [5.74, 6) is 0.